The Morgan fingerprint density at radius 2 is 2.00 bits per heavy atom. The summed E-state index contributed by atoms with van der Waals surface area (Å²) >= 11 is 0.966. The van der Waals surface area contributed by atoms with Gasteiger partial charge in [-0.05, 0) is 6.07 Å². The predicted octanol–water partition coefficient (Wildman–Crippen LogP) is 2.14. The third-order valence-electron chi connectivity index (χ3n) is 2.94. The Hall–Kier alpha value is -2.44. The van der Waals surface area contributed by atoms with Gasteiger partial charge in [0.2, 0.25) is 0 Å². The lowest BCUT2D eigenvalue weighted by Gasteiger charge is -2.09. The van der Waals surface area contributed by atoms with Crippen molar-refractivity contribution in [3.63, 3.8) is 0 Å². The van der Waals surface area contributed by atoms with E-state index >= 15 is 0 Å². The molecule has 0 aliphatic heterocycles. The summed E-state index contributed by atoms with van der Waals surface area (Å²) in [6.45, 7) is -0.702. The molecule has 3 aromatic rings. The first-order valence-corrected chi connectivity index (χ1v) is 7.96. The van der Waals surface area contributed by atoms with Gasteiger partial charge in [-0.3, -0.25) is 4.79 Å². The van der Waals surface area contributed by atoms with Crippen LogP contribution in [0.2, 0.25) is 0 Å². The first kappa shape index (κ1) is 17.4. The number of hydrogen-bond donors (Lipinski definition) is 0. The normalized spacial score (nSPS) is 11.5. The van der Waals surface area contributed by atoms with Gasteiger partial charge in [-0.15, -0.1) is 0 Å². The highest BCUT2D eigenvalue weighted by Crippen LogP contribution is 2.23. The van der Waals surface area contributed by atoms with Crippen LogP contribution in [0, 0.1) is 0 Å². The molecule has 130 valence electrons. The molecule has 0 bridgehead atoms. The summed E-state index contributed by atoms with van der Waals surface area (Å²) in [5, 5.41) is 4.21. The molecule has 3 rings (SSSR count). The molecule has 0 N–H and O–H groups in total. The minimum atomic E-state index is -3.00. The van der Waals surface area contributed by atoms with Gasteiger partial charge in [-0.2, -0.15) is 13.9 Å². The molecule has 0 fully saturated rings. The van der Waals surface area contributed by atoms with Gasteiger partial charge < -0.3 is 9.15 Å². The minimum absolute atomic E-state index is 0.124. The van der Waals surface area contributed by atoms with E-state index < -0.39 is 10.5 Å². The lowest BCUT2D eigenvalue weighted by molar-refractivity contribution is 0.0603. The third-order valence-corrected chi connectivity index (χ3v) is 3.26. The summed E-state index contributed by atoms with van der Waals surface area (Å²) in [6.07, 6.45) is 5.49. The zero-order chi connectivity index (χ0) is 17.9. The molecule has 0 aliphatic rings. The Bertz CT molecular complexity index is 894. The molecule has 0 aromatic carbocycles. The SMILES string of the molecule is O=c1ccc(-c2cnc(OCC(F)(F)I)nc2)nn1Cc1cnco1. The van der Waals surface area contributed by atoms with E-state index in [0.29, 0.717) is 17.0 Å². The fourth-order valence-electron chi connectivity index (χ4n) is 1.85. The number of aromatic nitrogens is 5. The molecule has 0 amide bonds. The van der Waals surface area contributed by atoms with E-state index in [-0.39, 0.29) is 18.1 Å². The maximum Gasteiger partial charge on any atom is 0.329 e. The number of nitrogens with zero attached hydrogens (tertiary/aromatic N) is 5. The van der Waals surface area contributed by atoms with Crippen LogP contribution in [0.15, 0.2) is 46.3 Å². The summed E-state index contributed by atoms with van der Waals surface area (Å²) in [6, 6.07) is 2.69. The summed E-state index contributed by atoms with van der Waals surface area (Å²) in [4.78, 5) is 23.4. The highest BCUT2D eigenvalue weighted by atomic mass is 127. The Kier molecular flexibility index (Phi) is 5.01. The van der Waals surface area contributed by atoms with Crippen molar-refractivity contribution in [1.82, 2.24) is 24.7 Å². The first-order valence-electron chi connectivity index (χ1n) is 6.88. The first-order chi connectivity index (χ1) is 11.9. The standard InChI is InChI=1S/C14H10F2IN5O3/c15-14(16,17)7-24-13-19-3-9(4-20-13)11-1-2-12(23)22(21-11)6-10-5-18-8-25-10/h1-5,8H,6-7H2. The summed E-state index contributed by atoms with van der Waals surface area (Å²) in [5.74, 6) is 0.478. The van der Waals surface area contributed by atoms with Gasteiger partial charge in [-0.1, -0.05) is 0 Å². The van der Waals surface area contributed by atoms with Crippen LogP contribution >= 0.6 is 22.6 Å². The van der Waals surface area contributed by atoms with Crippen molar-refractivity contribution in [3.05, 3.63) is 53.2 Å². The van der Waals surface area contributed by atoms with Gasteiger partial charge in [0.15, 0.2) is 13.0 Å². The van der Waals surface area contributed by atoms with Crippen LogP contribution in [-0.4, -0.2) is 35.3 Å². The molecule has 0 saturated carbocycles. The van der Waals surface area contributed by atoms with Crippen molar-refractivity contribution in [2.75, 3.05) is 6.61 Å². The average molecular weight is 461 g/mol. The van der Waals surface area contributed by atoms with Crippen molar-refractivity contribution >= 4 is 22.6 Å². The van der Waals surface area contributed by atoms with Gasteiger partial charge in [0.1, 0.15) is 12.3 Å². The zero-order valence-electron chi connectivity index (χ0n) is 12.5. The smallest absolute Gasteiger partial charge is 0.329 e. The van der Waals surface area contributed by atoms with E-state index in [9.17, 15) is 13.6 Å². The van der Waals surface area contributed by atoms with Crippen molar-refractivity contribution in [3.8, 4) is 17.3 Å². The maximum absolute atomic E-state index is 12.7. The van der Waals surface area contributed by atoms with Crippen molar-refractivity contribution in [1.29, 1.82) is 0 Å². The molecule has 0 spiro atoms. The van der Waals surface area contributed by atoms with Gasteiger partial charge >= 0.3 is 9.94 Å². The van der Waals surface area contributed by atoms with Gasteiger partial charge in [0, 0.05) is 46.6 Å². The third kappa shape index (κ3) is 4.78. The second-order valence-corrected chi connectivity index (χ2v) is 6.42. The quantitative estimate of drug-likeness (QED) is 0.410. The van der Waals surface area contributed by atoms with Gasteiger partial charge in [-0.25, -0.2) is 19.6 Å². The number of rotatable bonds is 6. The molecule has 0 unspecified atom stereocenters. The fourth-order valence-corrected chi connectivity index (χ4v) is 2.01. The molecule has 8 nitrogen and oxygen atoms in total. The van der Waals surface area contributed by atoms with E-state index in [2.05, 4.69) is 20.1 Å². The fraction of sp³-hybridized carbons (Fsp3) is 0.214. The highest BCUT2D eigenvalue weighted by Gasteiger charge is 2.25. The zero-order valence-corrected chi connectivity index (χ0v) is 14.6. The Morgan fingerprint density at radius 3 is 2.64 bits per heavy atom. The molecule has 0 atom stereocenters. The molecular weight excluding hydrogens is 451 g/mol. The molecule has 11 heteroatoms. The Morgan fingerprint density at radius 1 is 1.24 bits per heavy atom. The Balaban J connectivity index is 1.78. The second-order valence-electron chi connectivity index (χ2n) is 4.84. The minimum Gasteiger partial charge on any atom is -0.456 e. The number of alkyl halides is 3. The molecule has 25 heavy (non-hydrogen) atoms. The number of hydrogen-bond acceptors (Lipinski definition) is 7. The number of oxazole rings is 1. The van der Waals surface area contributed by atoms with Gasteiger partial charge in [0.25, 0.3) is 5.56 Å². The van der Waals surface area contributed by atoms with E-state index in [0.717, 1.165) is 22.6 Å². The predicted molar refractivity (Wildman–Crippen MR) is 89.6 cm³/mol. The lowest BCUT2D eigenvalue weighted by Crippen LogP contribution is -2.22. The maximum atomic E-state index is 12.7. The van der Waals surface area contributed by atoms with Crippen molar-refractivity contribution in [2.24, 2.45) is 0 Å². The number of halogens is 3. The lowest BCUT2D eigenvalue weighted by atomic mass is 10.2. The molecule has 0 saturated heterocycles. The van der Waals surface area contributed by atoms with Crippen LogP contribution in [-0.2, 0) is 6.54 Å². The summed E-state index contributed by atoms with van der Waals surface area (Å²) in [7, 11) is 0. The summed E-state index contributed by atoms with van der Waals surface area (Å²) < 4.78 is 33.6. The van der Waals surface area contributed by atoms with Crippen LogP contribution in [0.3, 0.4) is 0 Å². The van der Waals surface area contributed by atoms with Crippen LogP contribution in [0.4, 0.5) is 8.78 Å². The topological polar surface area (TPSA) is 95.9 Å². The van der Waals surface area contributed by atoms with Crippen LogP contribution in [0.1, 0.15) is 5.76 Å². The van der Waals surface area contributed by atoms with Crippen LogP contribution in [0.5, 0.6) is 6.01 Å². The molecule has 3 heterocycles. The molecular formula is C14H10F2IN5O3. The molecule has 0 aliphatic carbocycles. The van der Waals surface area contributed by atoms with Crippen molar-refractivity contribution < 1.29 is 17.9 Å². The molecule has 3 aromatic heterocycles. The monoisotopic (exact) mass is 461 g/mol. The number of ether oxygens (including phenoxy) is 1. The largest absolute Gasteiger partial charge is 0.456 e. The van der Waals surface area contributed by atoms with Gasteiger partial charge in [0.05, 0.1) is 11.9 Å². The van der Waals surface area contributed by atoms with E-state index in [1.807, 2.05) is 0 Å². The average Bonchev–Trinajstić information content (AvgIpc) is 3.08. The van der Waals surface area contributed by atoms with E-state index in [4.69, 9.17) is 9.15 Å². The van der Waals surface area contributed by atoms with Crippen LogP contribution < -0.4 is 10.3 Å². The highest BCUT2D eigenvalue weighted by molar-refractivity contribution is 14.1. The molecule has 0 radical (unpaired) electrons. The van der Waals surface area contributed by atoms with E-state index in [1.165, 1.54) is 41.8 Å². The van der Waals surface area contributed by atoms with Crippen LogP contribution in [0.25, 0.3) is 11.3 Å². The second kappa shape index (κ2) is 7.21. The van der Waals surface area contributed by atoms with E-state index in [1.54, 1.807) is 0 Å². The van der Waals surface area contributed by atoms with Crippen molar-refractivity contribution in [2.45, 2.75) is 10.5 Å². The summed E-state index contributed by atoms with van der Waals surface area (Å²) in [5.41, 5.74) is 0.620. The Labute approximate surface area is 153 Å².